The molecule has 2 aromatic carbocycles. The van der Waals surface area contributed by atoms with Crippen molar-refractivity contribution in [3.05, 3.63) is 69.7 Å². The standard InChI is InChI=1S/C31H42Cl2N4O2/c1-21-27(22-10-8-11-25(33)18-22)31(20-34,23-12-14-24(32)15-13-23)26(19-29(2,3)4)37(21)36-17-9-16-35-28(38)39-30(5,6)7/h8,10-15,18,21,26-27,36H,9,16-17,19H2,1-7H3,(H,35,38)/t21-,26+,27-,31+/m1/s1. The van der Waals surface area contributed by atoms with E-state index in [9.17, 15) is 10.1 Å². The number of nitrogens with zero attached hydrogens (tertiary/aromatic N) is 2. The van der Waals surface area contributed by atoms with Gasteiger partial charge in [0.05, 0.1) is 6.07 Å². The summed E-state index contributed by atoms with van der Waals surface area (Å²) in [5, 5.41) is 17.5. The smallest absolute Gasteiger partial charge is 0.407 e. The molecule has 1 amide bonds. The molecule has 1 aliphatic rings. The maximum absolute atomic E-state index is 12.1. The molecule has 0 radical (unpaired) electrons. The van der Waals surface area contributed by atoms with Crippen LogP contribution in [-0.2, 0) is 10.2 Å². The van der Waals surface area contributed by atoms with Crippen molar-refractivity contribution in [3.8, 4) is 6.07 Å². The van der Waals surface area contributed by atoms with Crippen molar-refractivity contribution in [2.75, 3.05) is 13.1 Å². The van der Waals surface area contributed by atoms with E-state index in [-0.39, 0.29) is 23.4 Å². The SMILES string of the molecule is C[C@@H]1[C@H](c2cccc(Cl)c2)[C@@](C#N)(c2ccc(Cl)cc2)[C@H](CC(C)(C)C)N1NCCCNC(=O)OC(C)(C)C. The summed E-state index contributed by atoms with van der Waals surface area (Å²) >= 11 is 12.7. The fourth-order valence-electron chi connectivity index (χ4n) is 5.69. The minimum Gasteiger partial charge on any atom is -0.444 e. The third-order valence-corrected chi connectivity index (χ3v) is 7.60. The van der Waals surface area contributed by atoms with E-state index < -0.39 is 17.1 Å². The minimum absolute atomic E-state index is 0.0232. The lowest BCUT2D eigenvalue weighted by Crippen LogP contribution is -2.52. The van der Waals surface area contributed by atoms with Gasteiger partial charge in [-0.15, -0.1) is 0 Å². The monoisotopic (exact) mass is 572 g/mol. The van der Waals surface area contributed by atoms with Gasteiger partial charge in [0, 0.05) is 41.1 Å². The van der Waals surface area contributed by atoms with Gasteiger partial charge in [-0.2, -0.15) is 5.26 Å². The predicted molar refractivity (Wildman–Crippen MR) is 159 cm³/mol. The second kappa shape index (κ2) is 12.5. The van der Waals surface area contributed by atoms with E-state index in [4.69, 9.17) is 27.9 Å². The quantitative estimate of drug-likeness (QED) is 0.321. The number of hydrogen-bond donors (Lipinski definition) is 2. The normalized spacial score (nSPS) is 23.8. The van der Waals surface area contributed by atoms with E-state index in [1.165, 1.54) is 0 Å². The average Bonchev–Trinajstić information content (AvgIpc) is 3.04. The molecule has 39 heavy (non-hydrogen) atoms. The van der Waals surface area contributed by atoms with Crippen molar-refractivity contribution in [1.82, 2.24) is 15.8 Å². The van der Waals surface area contributed by atoms with Crippen molar-refractivity contribution in [2.45, 2.75) is 90.3 Å². The zero-order chi connectivity index (χ0) is 29.0. The molecule has 1 heterocycles. The number of hydrogen-bond acceptors (Lipinski definition) is 5. The van der Waals surface area contributed by atoms with E-state index in [1.807, 2.05) is 63.2 Å². The highest BCUT2D eigenvalue weighted by molar-refractivity contribution is 6.30. The van der Waals surface area contributed by atoms with Gasteiger partial charge in [-0.25, -0.2) is 9.80 Å². The van der Waals surface area contributed by atoms with Crippen LogP contribution in [0, 0.1) is 16.7 Å². The molecule has 6 nitrogen and oxygen atoms in total. The Balaban J connectivity index is 1.96. The van der Waals surface area contributed by atoms with E-state index >= 15 is 0 Å². The van der Waals surface area contributed by atoms with Gasteiger partial charge >= 0.3 is 6.09 Å². The first-order chi connectivity index (χ1) is 18.2. The predicted octanol–water partition coefficient (Wildman–Crippen LogP) is 7.47. The third-order valence-electron chi connectivity index (χ3n) is 7.11. The fourth-order valence-corrected chi connectivity index (χ4v) is 6.02. The van der Waals surface area contributed by atoms with Crippen LogP contribution in [0.4, 0.5) is 4.79 Å². The van der Waals surface area contributed by atoms with Crippen LogP contribution >= 0.6 is 23.2 Å². The first kappa shape index (κ1) is 31.2. The largest absolute Gasteiger partial charge is 0.444 e. The van der Waals surface area contributed by atoms with Crippen LogP contribution < -0.4 is 10.7 Å². The molecular weight excluding hydrogens is 531 g/mol. The summed E-state index contributed by atoms with van der Waals surface area (Å²) in [7, 11) is 0. The Morgan fingerprint density at radius 2 is 1.72 bits per heavy atom. The van der Waals surface area contributed by atoms with Gasteiger partial charge in [0.2, 0.25) is 0 Å². The zero-order valence-electron chi connectivity index (χ0n) is 24.1. The number of benzene rings is 2. The summed E-state index contributed by atoms with van der Waals surface area (Å²) < 4.78 is 5.34. The summed E-state index contributed by atoms with van der Waals surface area (Å²) in [4.78, 5) is 12.1. The Morgan fingerprint density at radius 3 is 2.28 bits per heavy atom. The number of alkyl carbamates (subject to hydrolysis) is 1. The molecule has 1 aliphatic heterocycles. The lowest BCUT2D eigenvalue weighted by atomic mass is 9.63. The van der Waals surface area contributed by atoms with Crippen LogP contribution in [0.25, 0.3) is 0 Å². The van der Waals surface area contributed by atoms with E-state index in [2.05, 4.69) is 55.6 Å². The lowest BCUT2D eigenvalue weighted by Gasteiger charge is -2.39. The molecule has 4 atom stereocenters. The summed E-state index contributed by atoms with van der Waals surface area (Å²) in [6.45, 7) is 15.4. The third kappa shape index (κ3) is 7.67. The molecule has 8 heteroatoms. The Morgan fingerprint density at radius 1 is 1.05 bits per heavy atom. The van der Waals surface area contributed by atoms with Gasteiger partial charge in [-0.1, -0.05) is 68.2 Å². The Hall–Kier alpha value is -2.30. The van der Waals surface area contributed by atoms with E-state index in [0.29, 0.717) is 29.6 Å². The lowest BCUT2D eigenvalue weighted by molar-refractivity contribution is 0.0522. The van der Waals surface area contributed by atoms with Gasteiger partial charge in [0.1, 0.15) is 11.0 Å². The van der Waals surface area contributed by atoms with Crippen molar-refractivity contribution in [1.29, 1.82) is 5.26 Å². The van der Waals surface area contributed by atoms with E-state index in [0.717, 1.165) is 17.5 Å². The van der Waals surface area contributed by atoms with Crippen LogP contribution in [0.1, 0.15) is 78.4 Å². The topological polar surface area (TPSA) is 77.4 Å². The number of ether oxygens (including phenoxy) is 1. The molecule has 1 saturated heterocycles. The summed E-state index contributed by atoms with van der Waals surface area (Å²) in [6, 6.07) is 18.2. The maximum Gasteiger partial charge on any atom is 0.407 e. The molecule has 2 N–H and O–H groups in total. The maximum atomic E-state index is 12.1. The van der Waals surface area contributed by atoms with E-state index in [1.54, 1.807) is 0 Å². The first-order valence-corrected chi connectivity index (χ1v) is 14.3. The first-order valence-electron chi connectivity index (χ1n) is 13.6. The Kier molecular flexibility index (Phi) is 9.99. The molecule has 0 saturated carbocycles. The number of carbonyl (C=O) groups is 1. The number of rotatable bonds is 8. The second-order valence-corrected chi connectivity index (χ2v) is 13.5. The molecular formula is C31H42Cl2N4O2. The number of hydrazine groups is 1. The van der Waals surface area contributed by atoms with Gasteiger partial charge in [-0.3, -0.25) is 5.43 Å². The van der Waals surface area contributed by atoms with Gasteiger partial charge in [0.15, 0.2) is 0 Å². The molecule has 0 aromatic heterocycles. The zero-order valence-corrected chi connectivity index (χ0v) is 25.7. The van der Waals surface area contributed by atoms with Gasteiger partial charge in [0.25, 0.3) is 0 Å². The molecule has 212 valence electrons. The molecule has 0 unspecified atom stereocenters. The minimum atomic E-state index is -0.857. The Bertz CT molecular complexity index is 1170. The molecule has 0 spiro atoms. The Labute approximate surface area is 244 Å². The number of nitriles is 1. The summed E-state index contributed by atoms with van der Waals surface area (Å²) in [5.74, 6) is -0.151. The van der Waals surface area contributed by atoms with Crippen LogP contribution in [0.15, 0.2) is 48.5 Å². The van der Waals surface area contributed by atoms with Crippen molar-refractivity contribution >= 4 is 29.3 Å². The van der Waals surface area contributed by atoms with Gasteiger partial charge in [-0.05, 0) is 81.3 Å². The number of carbonyl (C=O) groups excluding carboxylic acids is 1. The molecule has 2 aromatic rings. The molecule has 0 bridgehead atoms. The van der Waals surface area contributed by atoms with Crippen LogP contribution in [0.2, 0.25) is 10.0 Å². The van der Waals surface area contributed by atoms with Crippen LogP contribution in [0.3, 0.4) is 0 Å². The number of nitrogens with one attached hydrogen (secondary N) is 2. The summed E-state index contributed by atoms with van der Waals surface area (Å²) in [5.41, 5.74) is 4.18. The highest BCUT2D eigenvalue weighted by Gasteiger charge is 2.60. The van der Waals surface area contributed by atoms with Crippen molar-refractivity contribution in [3.63, 3.8) is 0 Å². The highest BCUT2D eigenvalue weighted by atomic mass is 35.5. The number of amides is 1. The fraction of sp³-hybridized carbons (Fsp3) is 0.548. The van der Waals surface area contributed by atoms with Crippen molar-refractivity contribution in [2.24, 2.45) is 5.41 Å². The van der Waals surface area contributed by atoms with Crippen LogP contribution in [0.5, 0.6) is 0 Å². The average molecular weight is 574 g/mol. The van der Waals surface area contributed by atoms with Crippen LogP contribution in [-0.4, -0.2) is 41.9 Å². The number of halogens is 2. The second-order valence-electron chi connectivity index (χ2n) is 12.6. The van der Waals surface area contributed by atoms with Crippen molar-refractivity contribution < 1.29 is 9.53 Å². The highest BCUT2D eigenvalue weighted by Crippen LogP contribution is 2.54. The molecule has 1 fully saturated rings. The summed E-state index contributed by atoms with van der Waals surface area (Å²) in [6.07, 6.45) is 1.07. The molecule has 3 rings (SSSR count). The molecule has 0 aliphatic carbocycles. The van der Waals surface area contributed by atoms with Gasteiger partial charge < -0.3 is 10.1 Å².